The van der Waals surface area contributed by atoms with E-state index in [0.717, 1.165) is 0 Å². The van der Waals surface area contributed by atoms with Crippen LogP contribution in [-0.2, 0) is 19.5 Å². The summed E-state index contributed by atoms with van der Waals surface area (Å²) in [6.07, 6.45) is 0. The fraction of sp³-hybridized carbons (Fsp3) is 1.00. The van der Waals surface area contributed by atoms with Crippen LogP contribution in [0.15, 0.2) is 0 Å². The quantitative estimate of drug-likeness (QED) is 0.575. The van der Waals surface area contributed by atoms with Crippen LogP contribution in [-0.4, -0.2) is 53.3 Å². The molecule has 10 nitrogen and oxygen atoms in total. The molecule has 0 aromatic rings. The predicted molar refractivity (Wildman–Crippen MR) is 76.1 cm³/mol. The molecule has 11 heteroatoms. The normalized spacial score (nSPS) is 12.4. The summed E-state index contributed by atoms with van der Waals surface area (Å²) in [5, 5.41) is 12.5. The second kappa shape index (κ2) is 27.0. The Morgan fingerprint density at radius 2 is 0.850 bits per heavy atom. The van der Waals surface area contributed by atoms with Gasteiger partial charge in [0.2, 0.25) is 0 Å². The molecule has 0 aliphatic rings. The van der Waals surface area contributed by atoms with Crippen molar-refractivity contribution in [1.29, 1.82) is 0 Å². The van der Waals surface area contributed by atoms with E-state index < -0.39 is 5.09 Å². The van der Waals surface area contributed by atoms with Gasteiger partial charge in [0, 0.05) is 0 Å². The zero-order chi connectivity index (χ0) is 16.4. The van der Waals surface area contributed by atoms with Gasteiger partial charge in [-0.05, 0) is 0 Å². The summed E-state index contributed by atoms with van der Waals surface area (Å²) in [7, 11) is 0. The molecule has 20 heavy (non-hydrogen) atoms. The number of rotatable bonds is 3. The van der Waals surface area contributed by atoms with Gasteiger partial charge in [0.1, 0.15) is 4.91 Å². The third-order valence-corrected chi connectivity index (χ3v) is 0.919. The summed E-state index contributed by atoms with van der Waals surface area (Å²) in [5.41, 5.74) is 39.3. The maximum atomic E-state index is 8.47. The summed E-state index contributed by atoms with van der Waals surface area (Å²) in [6, 6.07) is -0.597. The van der Waals surface area contributed by atoms with Crippen LogP contribution in [0, 0.1) is 4.91 Å². The molecule has 0 aliphatic heterocycles. The van der Waals surface area contributed by atoms with E-state index in [9.17, 15) is 0 Å². The first-order chi connectivity index (χ1) is 8.54. The summed E-state index contributed by atoms with van der Waals surface area (Å²) < 4.78 is 0. The van der Waals surface area contributed by atoms with Gasteiger partial charge in [0.25, 0.3) is 0 Å². The van der Waals surface area contributed by atoms with Crippen molar-refractivity contribution in [3.05, 3.63) is 39.3 Å². The van der Waals surface area contributed by atoms with Gasteiger partial charge in [-0.15, -0.1) is 0 Å². The maximum Gasteiger partial charge on any atom is 2.00 e. The third-order valence-electron chi connectivity index (χ3n) is 0.919. The van der Waals surface area contributed by atoms with Crippen molar-refractivity contribution < 1.29 is 35.0 Å². The van der Waals surface area contributed by atoms with Crippen molar-refractivity contribution in [3.63, 3.8) is 0 Å². The Hall–Kier alpha value is -0.417. The van der Waals surface area contributed by atoms with Gasteiger partial charge in [-0.2, -0.15) is 37.8 Å². The first-order valence-corrected chi connectivity index (χ1v) is 5.47. The molecule has 120 valence electrons. The van der Waals surface area contributed by atoms with Gasteiger partial charge in [-0.1, -0.05) is 20.8 Å². The molecule has 0 aromatic carbocycles. The van der Waals surface area contributed by atoms with E-state index >= 15 is 0 Å². The van der Waals surface area contributed by atoms with Crippen molar-refractivity contribution >= 4 is 0 Å². The average Bonchev–Trinajstić information content (AvgIpc) is 2.29. The Labute approximate surface area is 133 Å². The second-order valence-electron chi connectivity index (χ2n) is 3.57. The van der Waals surface area contributed by atoms with Gasteiger partial charge in [0.15, 0.2) is 0 Å². The van der Waals surface area contributed by atoms with E-state index in [-0.39, 0.29) is 57.2 Å². The number of nitrogens with one attached hydrogen (secondary N) is 6. The third kappa shape index (κ3) is 155. The molecule has 0 saturated carbocycles. The first kappa shape index (κ1) is 31.8. The van der Waals surface area contributed by atoms with Gasteiger partial charge >= 0.3 is 24.6 Å². The molecular formula is C9H26N7O3Zn-3. The van der Waals surface area contributed by atoms with Gasteiger partial charge < -0.3 is 34.4 Å². The Kier molecular flexibility index (Phi) is 43.0. The topological polar surface area (TPSA) is 203 Å². The van der Waals surface area contributed by atoms with Gasteiger partial charge in [-0.3, -0.25) is 0 Å². The van der Waals surface area contributed by atoms with Crippen molar-refractivity contribution in [1.82, 2.24) is 0 Å². The Morgan fingerprint density at radius 1 is 0.800 bits per heavy atom. The van der Waals surface area contributed by atoms with E-state index in [2.05, 4.69) is 0 Å². The molecule has 0 amide bonds. The molecule has 8 N–H and O–H groups in total. The fourth-order valence-electron chi connectivity index (χ4n) is 0. The summed E-state index contributed by atoms with van der Waals surface area (Å²) in [4.78, 5) is 8.47. The van der Waals surface area contributed by atoms with Crippen LogP contribution in [0.25, 0.3) is 34.4 Å². The first-order valence-electron chi connectivity index (χ1n) is 5.47. The van der Waals surface area contributed by atoms with Crippen molar-refractivity contribution in [2.75, 3.05) is 19.6 Å². The monoisotopic (exact) mass is 344 g/mol. The predicted octanol–water partition coefficient (Wildman–Crippen LogP) is 3.98. The van der Waals surface area contributed by atoms with E-state index in [0.29, 0.717) is 0 Å². The van der Waals surface area contributed by atoms with E-state index in [1.165, 1.54) is 0 Å². The van der Waals surface area contributed by atoms with Crippen molar-refractivity contribution in [2.45, 2.75) is 38.9 Å². The van der Waals surface area contributed by atoms with Crippen LogP contribution in [0.2, 0.25) is 0 Å². The van der Waals surface area contributed by atoms with Crippen LogP contribution < -0.4 is 0 Å². The Balaban J connectivity index is -0.0000000494. The molecule has 0 saturated heterocycles. The minimum absolute atomic E-state index is 0. The van der Waals surface area contributed by atoms with Crippen LogP contribution in [0.1, 0.15) is 20.8 Å². The molecule has 0 fully saturated rings. The van der Waals surface area contributed by atoms with E-state index in [4.69, 9.17) is 49.7 Å². The van der Waals surface area contributed by atoms with Crippen LogP contribution in [0.4, 0.5) is 0 Å². The van der Waals surface area contributed by atoms with E-state index in [1.54, 1.807) is 20.8 Å². The molecular weight excluding hydrogens is 320 g/mol. The van der Waals surface area contributed by atoms with Crippen LogP contribution in [0.3, 0.4) is 0 Å². The van der Waals surface area contributed by atoms with Crippen molar-refractivity contribution in [3.8, 4) is 0 Å². The zero-order valence-electron chi connectivity index (χ0n) is 12.3. The molecule has 0 bridgehead atoms. The molecule has 0 aliphatic carbocycles. The van der Waals surface area contributed by atoms with Crippen molar-refractivity contribution in [2.24, 2.45) is 0 Å². The minimum Gasteiger partial charge on any atom is -0.679 e. The SMILES string of the molecule is CC([NH-])C[NH-].CC([NH-])C[NH-].CC([NH-])C[NH-].O=[N+](O)O.[Zn+2]. The number of nitrogens with zero attached hydrogens (tertiary/aromatic N) is 1. The molecule has 3 atom stereocenters. The molecule has 0 radical (unpaired) electrons. The van der Waals surface area contributed by atoms with Gasteiger partial charge in [-0.25, -0.2) is 10.4 Å². The molecule has 0 rings (SSSR count). The zero-order valence-corrected chi connectivity index (χ0v) is 15.3. The smallest absolute Gasteiger partial charge is 0.679 e. The van der Waals surface area contributed by atoms with Crippen LogP contribution in [0.5, 0.6) is 0 Å². The largest absolute Gasteiger partial charge is 2.00 e. The molecule has 0 spiro atoms. The number of hydrogen-bond acceptors (Lipinski definition) is 1. The Morgan fingerprint density at radius 3 is 0.850 bits per heavy atom. The average molecular weight is 346 g/mol. The summed E-state index contributed by atoms with van der Waals surface area (Å²) >= 11 is 0. The summed E-state index contributed by atoms with van der Waals surface area (Å²) in [5.74, 6) is 0. The van der Waals surface area contributed by atoms with E-state index in [1.807, 2.05) is 0 Å². The van der Waals surface area contributed by atoms with Gasteiger partial charge in [0.05, 0.1) is 0 Å². The molecule has 3 unspecified atom stereocenters. The van der Waals surface area contributed by atoms with Crippen LogP contribution >= 0.6 is 0 Å². The Bertz CT molecular complexity index is 151. The summed E-state index contributed by atoms with van der Waals surface area (Å²) in [6.45, 7) is 5.77. The molecule has 0 heterocycles. The standard InChI is InChI=1S/3C3H8N2.H2NO3.Zn/c3*1-3(5)2-4;2-1(3)4;/h3*3-5H,2H2,1H3;(H2,2,3,4);/q3*-2;+1;+2. The number of hydrogen-bond donors (Lipinski definition) is 2. The second-order valence-corrected chi connectivity index (χ2v) is 3.57. The fourth-order valence-corrected chi connectivity index (χ4v) is 0. The maximum absolute atomic E-state index is 8.47. The minimum atomic E-state index is -1.25. The molecule has 0 aromatic heterocycles.